The largest absolute Gasteiger partial charge is 0.392 e. The minimum atomic E-state index is -0.306. The van der Waals surface area contributed by atoms with Crippen LogP contribution in [0.2, 0.25) is 0 Å². The molecule has 0 saturated carbocycles. The summed E-state index contributed by atoms with van der Waals surface area (Å²) in [6.45, 7) is 21.4. The predicted octanol–water partition coefficient (Wildman–Crippen LogP) is 12.3. The monoisotopic (exact) mass is 1080 g/mol. The van der Waals surface area contributed by atoms with Gasteiger partial charge < -0.3 is 30.6 Å². The van der Waals surface area contributed by atoms with E-state index in [2.05, 4.69) is 12.2 Å². The number of aliphatic hydroxyl groups is 6. The van der Waals surface area contributed by atoms with Crippen LogP contribution in [0.1, 0.15) is 161 Å². The Balaban J connectivity index is 0.000000835. The first-order valence-electron chi connectivity index (χ1n) is 27.8. The van der Waals surface area contributed by atoms with E-state index < -0.39 is 0 Å². The van der Waals surface area contributed by atoms with Crippen molar-refractivity contribution < 1.29 is 54.6 Å². The number of allylic oxidation sites excluding steroid dienone is 17. The summed E-state index contributed by atoms with van der Waals surface area (Å²) in [5.74, 6) is 3.32. The molecular weight excluding hydrogens is 981 g/mol. The molecule has 0 aromatic carbocycles. The third-order valence-corrected chi connectivity index (χ3v) is 14.3. The van der Waals surface area contributed by atoms with Crippen LogP contribution in [0.25, 0.3) is 0 Å². The molecular formula is C67H100O11. The molecule has 11 heteroatoms. The van der Waals surface area contributed by atoms with E-state index in [1.807, 2.05) is 167 Å². The lowest BCUT2D eigenvalue weighted by Crippen LogP contribution is -2.08. The van der Waals surface area contributed by atoms with E-state index >= 15 is 0 Å². The summed E-state index contributed by atoms with van der Waals surface area (Å²) in [7, 11) is 0. The molecule has 6 N–H and O–H groups in total. The molecule has 434 valence electrons. The van der Waals surface area contributed by atoms with E-state index in [1.165, 1.54) is 0 Å². The summed E-state index contributed by atoms with van der Waals surface area (Å²) in [5, 5.41) is 53.5. The minimum Gasteiger partial charge on any atom is -0.392 e. The van der Waals surface area contributed by atoms with Crippen LogP contribution in [0, 0.1) is 35.5 Å². The van der Waals surface area contributed by atoms with Crippen LogP contribution in [0.4, 0.5) is 0 Å². The normalized spacial score (nSPS) is 30.0. The number of aliphatic hydroxyl groups excluding tert-OH is 6. The van der Waals surface area contributed by atoms with Crippen molar-refractivity contribution in [3.05, 3.63) is 155 Å². The molecule has 0 aromatic heterocycles. The first-order valence-corrected chi connectivity index (χ1v) is 27.8. The van der Waals surface area contributed by atoms with Crippen LogP contribution in [0.5, 0.6) is 0 Å². The van der Waals surface area contributed by atoms with Crippen LogP contribution < -0.4 is 0 Å². The van der Waals surface area contributed by atoms with Gasteiger partial charge in [-0.25, -0.2) is 0 Å². The van der Waals surface area contributed by atoms with E-state index in [1.54, 1.807) is 24.3 Å². The molecule has 0 radical (unpaired) electrons. The SMILES string of the molecule is C.CC1=CC=CC1=O.CC1=CC=CC1O.CC1=CCCC1=O.CC1=CCCC1O.CC1=CCCC1O.CC1C=CCC1=O.CC1C=CCC1=O.CC1C=CCC1O.CC1C=CCC1O.CC1CC=CC1=O.CC1CC=CC1O. The summed E-state index contributed by atoms with van der Waals surface area (Å²) in [4.78, 5) is 52.4. The van der Waals surface area contributed by atoms with Crippen molar-refractivity contribution >= 4 is 28.9 Å². The van der Waals surface area contributed by atoms with Crippen molar-refractivity contribution in [2.75, 3.05) is 0 Å². The zero-order valence-electron chi connectivity index (χ0n) is 48.3. The Hall–Kier alpha value is -5.27. The fourth-order valence-electron chi connectivity index (χ4n) is 7.80. The molecule has 0 amide bonds. The molecule has 0 fully saturated rings. The fourth-order valence-corrected chi connectivity index (χ4v) is 7.80. The summed E-state index contributed by atoms with van der Waals surface area (Å²) in [6.07, 6.45) is 49.9. The molecule has 11 aliphatic rings. The molecule has 0 spiro atoms. The van der Waals surface area contributed by atoms with Gasteiger partial charge in [0.2, 0.25) is 0 Å². The second-order valence-electron chi connectivity index (χ2n) is 21.3. The number of hydrogen-bond donors (Lipinski definition) is 6. The zero-order valence-corrected chi connectivity index (χ0v) is 48.3. The van der Waals surface area contributed by atoms with Crippen molar-refractivity contribution in [2.45, 2.75) is 197 Å². The molecule has 11 rings (SSSR count). The standard InChI is InChI=1S/5C6H10O.5C6H8O.C6H6O.CH4/c11*1-5-3-2-4-6(5)7;/h2*3,6-7H,2,4H2,1H3;2,4-7H,3H2,1H3;2*2-3,5-7H,4H2,1H3;3H,2,4H2,1H3;2,4-5H,3H2,1H3;2*2-3,5H,4H2,1H3;2-4,6-7H,1H3;2-4H,1H3;1H4. The molecule has 12 atom stereocenters. The van der Waals surface area contributed by atoms with Gasteiger partial charge in [-0.05, 0) is 138 Å². The summed E-state index contributed by atoms with van der Waals surface area (Å²) >= 11 is 0. The van der Waals surface area contributed by atoms with Crippen molar-refractivity contribution in [3.8, 4) is 0 Å². The van der Waals surface area contributed by atoms with E-state index in [-0.39, 0.29) is 73.4 Å². The molecule has 78 heavy (non-hydrogen) atoms. The van der Waals surface area contributed by atoms with Crippen LogP contribution in [-0.4, -0.2) is 96.2 Å². The van der Waals surface area contributed by atoms with Gasteiger partial charge in [-0.3, -0.25) is 24.0 Å². The van der Waals surface area contributed by atoms with Crippen LogP contribution in [-0.2, 0) is 24.0 Å². The number of carbonyl (C=O) groups excluding carboxylic acids is 5. The Bertz CT molecular complexity index is 2150. The Morgan fingerprint density at radius 3 is 1.08 bits per heavy atom. The molecule has 11 aliphatic carbocycles. The highest BCUT2D eigenvalue weighted by atomic mass is 16.3. The third-order valence-electron chi connectivity index (χ3n) is 14.3. The van der Waals surface area contributed by atoms with Gasteiger partial charge in [0.25, 0.3) is 0 Å². The van der Waals surface area contributed by atoms with Gasteiger partial charge in [-0.15, -0.1) is 0 Å². The number of rotatable bonds is 0. The minimum absolute atomic E-state index is 0. The molecule has 0 heterocycles. The third kappa shape index (κ3) is 31.4. The Labute approximate surface area is 469 Å². The van der Waals surface area contributed by atoms with Crippen LogP contribution >= 0.6 is 0 Å². The van der Waals surface area contributed by atoms with Gasteiger partial charge in [0, 0.05) is 48.9 Å². The van der Waals surface area contributed by atoms with E-state index in [4.69, 9.17) is 30.6 Å². The second-order valence-corrected chi connectivity index (χ2v) is 21.3. The number of ketones is 5. The van der Waals surface area contributed by atoms with Gasteiger partial charge in [0.1, 0.15) is 11.6 Å². The van der Waals surface area contributed by atoms with Crippen molar-refractivity contribution in [1.82, 2.24) is 0 Å². The first kappa shape index (κ1) is 72.7. The molecule has 0 bridgehead atoms. The van der Waals surface area contributed by atoms with E-state index in [0.29, 0.717) is 47.9 Å². The maximum absolute atomic E-state index is 10.5. The van der Waals surface area contributed by atoms with E-state index in [0.717, 1.165) is 92.1 Å². The smallest absolute Gasteiger partial charge is 0.181 e. The summed E-state index contributed by atoms with van der Waals surface area (Å²) < 4.78 is 0. The average molecular weight is 1080 g/mol. The molecule has 0 aliphatic heterocycles. The predicted molar refractivity (Wildman–Crippen MR) is 320 cm³/mol. The number of carbonyl (C=O) groups is 5. The van der Waals surface area contributed by atoms with Gasteiger partial charge in [-0.1, -0.05) is 164 Å². The number of Topliss-reactive ketones (excluding diaryl/α,β-unsaturated/α-hetero) is 3. The topological polar surface area (TPSA) is 207 Å². The number of hydrogen-bond acceptors (Lipinski definition) is 11. The Morgan fingerprint density at radius 2 is 0.974 bits per heavy atom. The van der Waals surface area contributed by atoms with Crippen molar-refractivity contribution in [2.24, 2.45) is 35.5 Å². The quantitative estimate of drug-likeness (QED) is 0.126. The maximum atomic E-state index is 10.5. The molecule has 0 saturated heterocycles. The molecule has 11 nitrogen and oxygen atoms in total. The lowest BCUT2D eigenvalue weighted by atomic mass is 10.1. The van der Waals surface area contributed by atoms with Gasteiger partial charge in [-0.2, -0.15) is 0 Å². The second kappa shape index (κ2) is 40.8. The van der Waals surface area contributed by atoms with E-state index in [9.17, 15) is 24.0 Å². The average Bonchev–Trinajstić information content (AvgIpc) is 4.27. The van der Waals surface area contributed by atoms with Crippen LogP contribution in [0.3, 0.4) is 0 Å². The molecule has 0 aromatic rings. The van der Waals surface area contributed by atoms with Gasteiger partial charge in [0.05, 0.1) is 36.6 Å². The lowest BCUT2D eigenvalue weighted by molar-refractivity contribution is -0.120. The fraction of sp³-hybridized carbons (Fsp3) is 0.537. The lowest BCUT2D eigenvalue weighted by Gasteiger charge is -2.04. The van der Waals surface area contributed by atoms with Gasteiger partial charge >= 0.3 is 0 Å². The van der Waals surface area contributed by atoms with Crippen molar-refractivity contribution in [3.63, 3.8) is 0 Å². The van der Waals surface area contributed by atoms with Crippen molar-refractivity contribution in [1.29, 1.82) is 0 Å². The summed E-state index contributed by atoms with van der Waals surface area (Å²) in [5.41, 5.74) is 5.08. The highest BCUT2D eigenvalue weighted by molar-refractivity contribution is 6.06. The zero-order chi connectivity index (χ0) is 58.0. The van der Waals surface area contributed by atoms with Gasteiger partial charge in [0.15, 0.2) is 17.3 Å². The Kier molecular flexibility index (Phi) is 38.1. The summed E-state index contributed by atoms with van der Waals surface area (Å²) in [6, 6.07) is 0. The first-order chi connectivity index (χ1) is 36.3. The highest BCUT2D eigenvalue weighted by Gasteiger charge is 2.17. The highest BCUT2D eigenvalue weighted by Crippen LogP contribution is 2.20. The Morgan fingerprint density at radius 1 is 0.474 bits per heavy atom. The maximum Gasteiger partial charge on any atom is 0.181 e. The molecule has 12 unspecified atom stereocenters. The van der Waals surface area contributed by atoms with Crippen LogP contribution in [0.15, 0.2) is 155 Å².